The van der Waals surface area contributed by atoms with Crippen molar-refractivity contribution in [2.45, 2.75) is 32.2 Å². The molecule has 0 amide bonds. The van der Waals surface area contributed by atoms with Gasteiger partial charge in [0.1, 0.15) is 11.9 Å². The van der Waals surface area contributed by atoms with Crippen molar-refractivity contribution in [2.75, 3.05) is 6.61 Å². The summed E-state index contributed by atoms with van der Waals surface area (Å²) >= 11 is 0. The first-order valence-corrected chi connectivity index (χ1v) is 5.23. The van der Waals surface area contributed by atoms with Crippen LogP contribution in [0.2, 0.25) is 0 Å². The van der Waals surface area contributed by atoms with Gasteiger partial charge in [0.2, 0.25) is 0 Å². The van der Waals surface area contributed by atoms with E-state index in [0.29, 0.717) is 6.61 Å². The summed E-state index contributed by atoms with van der Waals surface area (Å²) in [4.78, 5) is 0. The van der Waals surface area contributed by atoms with Gasteiger partial charge in [-0.25, -0.2) is 0 Å². The van der Waals surface area contributed by atoms with Crippen molar-refractivity contribution < 1.29 is 14.6 Å². The molecule has 3 nitrogen and oxygen atoms in total. The molecule has 1 rings (SSSR count). The van der Waals surface area contributed by atoms with E-state index < -0.39 is 6.29 Å². The highest BCUT2D eigenvalue weighted by atomic mass is 16.6. The summed E-state index contributed by atoms with van der Waals surface area (Å²) < 4.78 is 10.9. The van der Waals surface area contributed by atoms with Gasteiger partial charge in [0, 0.05) is 0 Å². The standard InChI is InChI=1S/C12H18O3/c1-3-9-14-10-7-5-6-8-11(10)15-12(13)4-2/h4-7,11-13H,2-3,8-9H2,1H3. The Hall–Kier alpha value is -1.06. The van der Waals surface area contributed by atoms with Crippen molar-refractivity contribution in [3.05, 3.63) is 36.6 Å². The maximum atomic E-state index is 9.31. The van der Waals surface area contributed by atoms with Gasteiger partial charge in [-0.1, -0.05) is 25.7 Å². The molecule has 0 aliphatic heterocycles. The molecule has 0 heterocycles. The van der Waals surface area contributed by atoms with Crippen LogP contribution >= 0.6 is 0 Å². The molecule has 2 atom stereocenters. The second-order valence-electron chi connectivity index (χ2n) is 3.33. The largest absolute Gasteiger partial charge is 0.495 e. The highest BCUT2D eigenvalue weighted by Gasteiger charge is 2.19. The number of hydrogen-bond acceptors (Lipinski definition) is 3. The van der Waals surface area contributed by atoms with Gasteiger partial charge in [0.05, 0.1) is 6.61 Å². The number of ether oxygens (including phenoxy) is 2. The van der Waals surface area contributed by atoms with Gasteiger partial charge in [0.15, 0.2) is 6.29 Å². The van der Waals surface area contributed by atoms with Crippen molar-refractivity contribution in [2.24, 2.45) is 0 Å². The normalized spacial score (nSPS) is 22.0. The van der Waals surface area contributed by atoms with Gasteiger partial charge in [-0.15, -0.1) is 0 Å². The zero-order chi connectivity index (χ0) is 11.1. The van der Waals surface area contributed by atoms with E-state index in [1.54, 1.807) is 0 Å². The predicted octanol–water partition coefficient (Wildman–Crippen LogP) is 2.15. The molecule has 84 valence electrons. The van der Waals surface area contributed by atoms with Crippen LogP contribution in [0.25, 0.3) is 0 Å². The van der Waals surface area contributed by atoms with Crippen molar-refractivity contribution in [1.82, 2.24) is 0 Å². The monoisotopic (exact) mass is 210 g/mol. The first-order chi connectivity index (χ1) is 7.27. The van der Waals surface area contributed by atoms with Crippen molar-refractivity contribution in [1.29, 1.82) is 0 Å². The Kier molecular flexibility index (Phi) is 5.15. The van der Waals surface area contributed by atoms with Crippen LogP contribution < -0.4 is 0 Å². The predicted molar refractivity (Wildman–Crippen MR) is 59.2 cm³/mol. The van der Waals surface area contributed by atoms with E-state index in [1.165, 1.54) is 6.08 Å². The Bertz CT molecular complexity index is 256. The van der Waals surface area contributed by atoms with Crippen LogP contribution in [0.5, 0.6) is 0 Å². The van der Waals surface area contributed by atoms with Crippen molar-refractivity contribution >= 4 is 0 Å². The molecule has 0 aromatic heterocycles. The third-order valence-corrected chi connectivity index (χ3v) is 2.04. The molecule has 0 fully saturated rings. The van der Waals surface area contributed by atoms with Crippen LogP contribution in [0.1, 0.15) is 19.8 Å². The van der Waals surface area contributed by atoms with Crippen LogP contribution in [-0.2, 0) is 9.47 Å². The molecule has 0 bridgehead atoms. The summed E-state index contributed by atoms with van der Waals surface area (Å²) in [5.41, 5.74) is 0. The Labute approximate surface area is 90.7 Å². The number of hydrogen-bond donors (Lipinski definition) is 1. The molecule has 1 aliphatic rings. The maximum Gasteiger partial charge on any atom is 0.174 e. The zero-order valence-corrected chi connectivity index (χ0v) is 9.06. The first kappa shape index (κ1) is 12.0. The van der Waals surface area contributed by atoms with Crippen molar-refractivity contribution in [3.63, 3.8) is 0 Å². The highest BCUT2D eigenvalue weighted by Crippen LogP contribution is 2.19. The molecule has 0 radical (unpaired) electrons. The molecule has 15 heavy (non-hydrogen) atoms. The minimum atomic E-state index is -0.935. The maximum absolute atomic E-state index is 9.31. The van der Waals surface area contributed by atoms with E-state index in [1.807, 2.05) is 25.2 Å². The van der Waals surface area contributed by atoms with Gasteiger partial charge < -0.3 is 14.6 Å². The minimum Gasteiger partial charge on any atom is -0.495 e. The van der Waals surface area contributed by atoms with Crippen molar-refractivity contribution in [3.8, 4) is 0 Å². The van der Waals surface area contributed by atoms with E-state index >= 15 is 0 Å². The van der Waals surface area contributed by atoms with Crippen LogP contribution in [0, 0.1) is 0 Å². The number of allylic oxidation sites excluding steroid dienone is 2. The fourth-order valence-electron chi connectivity index (χ4n) is 1.30. The molecule has 0 aromatic rings. The molecular weight excluding hydrogens is 192 g/mol. The van der Waals surface area contributed by atoms with E-state index in [9.17, 15) is 5.11 Å². The van der Waals surface area contributed by atoms with Gasteiger partial charge in [-0.3, -0.25) is 0 Å². The average Bonchev–Trinajstić information content (AvgIpc) is 2.28. The summed E-state index contributed by atoms with van der Waals surface area (Å²) in [5, 5.41) is 9.31. The molecule has 2 unspecified atom stereocenters. The van der Waals surface area contributed by atoms with Crippen LogP contribution in [-0.4, -0.2) is 24.1 Å². The van der Waals surface area contributed by atoms with Crippen LogP contribution in [0.4, 0.5) is 0 Å². The third-order valence-electron chi connectivity index (χ3n) is 2.04. The summed E-state index contributed by atoms with van der Waals surface area (Å²) in [6.07, 6.45) is 7.70. The van der Waals surface area contributed by atoms with E-state index in [0.717, 1.165) is 18.6 Å². The van der Waals surface area contributed by atoms with E-state index in [2.05, 4.69) is 6.58 Å². The number of aliphatic hydroxyl groups is 1. The smallest absolute Gasteiger partial charge is 0.174 e. The zero-order valence-electron chi connectivity index (χ0n) is 9.06. The Morgan fingerprint density at radius 1 is 1.73 bits per heavy atom. The minimum absolute atomic E-state index is 0.199. The fourth-order valence-corrected chi connectivity index (χ4v) is 1.30. The lowest BCUT2D eigenvalue weighted by Crippen LogP contribution is -2.24. The molecule has 0 aromatic carbocycles. The molecule has 0 saturated heterocycles. The molecule has 3 heteroatoms. The Morgan fingerprint density at radius 3 is 3.20 bits per heavy atom. The number of rotatable bonds is 6. The molecule has 1 N–H and O–H groups in total. The fraction of sp³-hybridized carbons (Fsp3) is 0.500. The van der Waals surface area contributed by atoms with Gasteiger partial charge in [0.25, 0.3) is 0 Å². The lowest BCUT2D eigenvalue weighted by Gasteiger charge is -2.23. The van der Waals surface area contributed by atoms with E-state index in [4.69, 9.17) is 9.47 Å². The SMILES string of the molecule is C=CC(O)OC1CC=CC=C1OCCC. The third kappa shape index (κ3) is 3.90. The Balaban J connectivity index is 2.51. The second-order valence-corrected chi connectivity index (χ2v) is 3.33. The van der Waals surface area contributed by atoms with Gasteiger partial charge in [-0.05, 0) is 25.0 Å². The lowest BCUT2D eigenvalue weighted by molar-refractivity contribution is -0.106. The van der Waals surface area contributed by atoms with Gasteiger partial charge in [-0.2, -0.15) is 0 Å². The second kappa shape index (κ2) is 6.43. The first-order valence-electron chi connectivity index (χ1n) is 5.23. The summed E-state index contributed by atoms with van der Waals surface area (Å²) in [7, 11) is 0. The molecular formula is C12H18O3. The van der Waals surface area contributed by atoms with Crippen LogP contribution in [0.15, 0.2) is 36.6 Å². The lowest BCUT2D eigenvalue weighted by atomic mass is 10.1. The highest BCUT2D eigenvalue weighted by molar-refractivity contribution is 5.18. The summed E-state index contributed by atoms with van der Waals surface area (Å²) in [5.74, 6) is 0.778. The molecule has 0 saturated carbocycles. The molecule has 0 spiro atoms. The van der Waals surface area contributed by atoms with E-state index in [-0.39, 0.29) is 6.10 Å². The summed E-state index contributed by atoms with van der Waals surface area (Å²) in [6.45, 7) is 6.18. The van der Waals surface area contributed by atoms with Gasteiger partial charge >= 0.3 is 0 Å². The van der Waals surface area contributed by atoms with Crippen LogP contribution in [0.3, 0.4) is 0 Å². The topological polar surface area (TPSA) is 38.7 Å². The average molecular weight is 210 g/mol. The summed E-state index contributed by atoms with van der Waals surface area (Å²) in [6, 6.07) is 0. The number of aliphatic hydroxyl groups excluding tert-OH is 1. The quantitative estimate of drug-likeness (QED) is 0.539. The molecule has 1 aliphatic carbocycles. The Morgan fingerprint density at radius 2 is 2.53 bits per heavy atom.